The van der Waals surface area contributed by atoms with Gasteiger partial charge >= 0.3 is 0 Å². The van der Waals surface area contributed by atoms with Crippen LogP contribution in [0, 0.1) is 5.92 Å². The van der Waals surface area contributed by atoms with Crippen molar-refractivity contribution in [3.8, 4) is 0 Å². The number of piperidine rings is 1. The van der Waals surface area contributed by atoms with Gasteiger partial charge in [0.15, 0.2) is 0 Å². The van der Waals surface area contributed by atoms with E-state index in [1.165, 1.54) is 0 Å². The van der Waals surface area contributed by atoms with Crippen molar-refractivity contribution in [2.24, 2.45) is 5.92 Å². The summed E-state index contributed by atoms with van der Waals surface area (Å²) >= 11 is 0. The van der Waals surface area contributed by atoms with E-state index in [-0.39, 0.29) is 29.2 Å². The van der Waals surface area contributed by atoms with Crippen LogP contribution in [0.4, 0.5) is 11.4 Å². The largest absolute Gasteiger partial charge is 0.376 e. The number of sulfonamides is 1. The molecule has 182 valence electrons. The first-order valence-corrected chi connectivity index (χ1v) is 13.3. The lowest BCUT2D eigenvalue weighted by Crippen LogP contribution is -2.52. The number of hydrogen-bond acceptors (Lipinski definition) is 6. The third kappa shape index (κ3) is 5.43. The van der Waals surface area contributed by atoms with E-state index in [2.05, 4.69) is 5.32 Å². The normalized spacial score (nSPS) is 19.9. The highest BCUT2D eigenvalue weighted by atomic mass is 32.2. The Hall–Kier alpha value is -2.33. The highest BCUT2D eigenvalue weighted by Crippen LogP contribution is 2.32. The molecule has 3 aliphatic rings. The molecule has 0 radical (unpaired) electrons. The third-order valence-electron chi connectivity index (χ3n) is 6.70. The zero-order valence-corrected chi connectivity index (χ0v) is 20.4. The van der Waals surface area contributed by atoms with Gasteiger partial charge in [-0.3, -0.25) is 9.59 Å². The van der Waals surface area contributed by atoms with Crippen LogP contribution in [0.25, 0.3) is 0 Å². The molecule has 2 amide bonds. The van der Waals surface area contributed by atoms with Gasteiger partial charge < -0.3 is 20.0 Å². The van der Waals surface area contributed by atoms with E-state index in [0.29, 0.717) is 45.0 Å². The molecule has 1 aliphatic carbocycles. The van der Waals surface area contributed by atoms with Gasteiger partial charge in [-0.25, -0.2) is 8.42 Å². The molecule has 0 spiro atoms. The number of hydrogen-bond donors (Lipinski definition) is 1. The lowest BCUT2D eigenvalue weighted by Gasteiger charge is -2.35. The first kappa shape index (κ1) is 23.8. The SMILES string of the molecule is CN(C)c1ccc(S(=O)(=O)N2CCCCC2)cc1NCC(=O)N1CCN(C(=O)C2CC2)CC1. The van der Waals surface area contributed by atoms with E-state index in [9.17, 15) is 18.0 Å². The monoisotopic (exact) mass is 477 g/mol. The van der Waals surface area contributed by atoms with E-state index in [1.807, 2.05) is 23.9 Å². The maximum atomic E-state index is 13.1. The number of piperazine rings is 1. The zero-order chi connectivity index (χ0) is 23.6. The molecule has 2 heterocycles. The number of nitrogens with one attached hydrogen (secondary N) is 1. The van der Waals surface area contributed by atoms with Gasteiger partial charge in [0.2, 0.25) is 21.8 Å². The van der Waals surface area contributed by atoms with E-state index < -0.39 is 10.0 Å². The van der Waals surface area contributed by atoms with E-state index in [4.69, 9.17) is 0 Å². The van der Waals surface area contributed by atoms with Crippen molar-refractivity contribution in [2.45, 2.75) is 37.0 Å². The minimum Gasteiger partial charge on any atom is -0.376 e. The molecular formula is C23H35N5O4S. The molecule has 9 nitrogen and oxygen atoms in total. The van der Waals surface area contributed by atoms with E-state index in [1.54, 1.807) is 27.4 Å². The maximum absolute atomic E-state index is 13.1. The fourth-order valence-corrected chi connectivity index (χ4v) is 6.05. The molecule has 33 heavy (non-hydrogen) atoms. The van der Waals surface area contributed by atoms with Crippen molar-refractivity contribution < 1.29 is 18.0 Å². The standard InChI is InChI=1S/C23H35N5O4S/c1-25(2)21-9-8-19(33(31,32)28-10-4-3-5-11-28)16-20(21)24-17-22(29)26-12-14-27(15-13-26)23(30)18-6-7-18/h8-9,16,18,24H,3-7,10-15,17H2,1-2H3. The molecule has 4 rings (SSSR count). The van der Waals surface area contributed by atoms with Crippen LogP contribution in [-0.4, -0.2) is 94.2 Å². The summed E-state index contributed by atoms with van der Waals surface area (Å²) in [7, 11) is 0.212. The Morgan fingerprint density at radius 1 is 0.970 bits per heavy atom. The topological polar surface area (TPSA) is 93.3 Å². The highest BCUT2D eigenvalue weighted by Gasteiger charge is 2.35. The van der Waals surface area contributed by atoms with Crippen molar-refractivity contribution in [1.29, 1.82) is 0 Å². The number of anilines is 2. The van der Waals surface area contributed by atoms with Gasteiger partial charge in [0, 0.05) is 59.3 Å². The molecule has 1 aromatic rings. The smallest absolute Gasteiger partial charge is 0.243 e. The zero-order valence-electron chi connectivity index (χ0n) is 19.6. The van der Waals surface area contributed by atoms with Crippen LogP contribution in [0.15, 0.2) is 23.1 Å². The van der Waals surface area contributed by atoms with Crippen LogP contribution in [0.3, 0.4) is 0 Å². The number of amides is 2. The molecule has 1 N–H and O–H groups in total. The molecule has 10 heteroatoms. The van der Waals surface area contributed by atoms with Crippen molar-refractivity contribution in [3.05, 3.63) is 18.2 Å². The Morgan fingerprint density at radius 2 is 1.61 bits per heavy atom. The summed E-state index contributed by atoms with van der Waals surface area (Å²) in [6, 6.07) is 5.06. The number of carbonyl (C=O) groups excluding carboxylic acids is 2. The summed E-state index contributed by atoms with van der Waals surface area (Å²) in [5, 5.41) is 3.17. The van der Waals surface area contributed by atoms with Crippen LogP contribution in [-0.2, 0) is 19.6 Å². The Balaban J connectivity index is 1.40. The minimum atomic E-state index is -3.56. The average molecular weight is 478 g/mol. The average Bonchev–Trinajstić information content (AvgIpc) is 3.68. The van der Waals surface area contributed by atoms with Gasteiger partial charge in [0.25, 0.3) is 0 Å². The second-order valence-electron chi connectivity index (χ2n) is 9.37. The summed E-state index contributed by atoms with van der Waals surface area (Å²) in [6.45, 7) is 3.39. The molecule has 0 bridgehead atoms. The van der Waals surface area contributed by atoms with Crippen molar-refractivity contribution >= 4 is 33.2 Å². The second-order valence-corrected chi connectivity index (χ2v) is 11.3. The molecule has 0 aromatic heterocycles. The minimum absolute atomic E-state index is 0.0532. The van der Waals surface area contributed by atoms with Crippen LogP contribution in [0.2, 0.25) is 0 Å². The third-order valence-corrected chi connectivity index (χ3v) is 8.60. The number of nitrogens with zero attached hydrogens (tertiary/aromatic N) is 4. The molecule has 2 saturated heterocycles. The second kappa shape index (κ2) is 9.89. The van der Waals surface area contributed by atoms with Crippen molar-refractivity contribution in [1.82, 2.24) is 14.1 Å². The number of carbonyl (C=O) groups is 2. The molecule has 0 unspecified atom stereocenters. The van der Waals surface area contributed by atoms with Gasteiger partial charge in [-0.05, 0) is 43.9 Å². The lowest BCUT2D eigenvalue weighted by molar-refractivity contribution is -0.139. The number of rotatable bonds is 7. The summed E-state index contributed by atoms with van der Waals surface area (Å²) in [5.74, 6) is 0.372. The Bertz CT molecular complexity index is 979. The fourth-order valence-electron chi connectivity index (χ4n) is 4.51. The van der Waals surface area contributed by atoms with Crippen LogP contribution in [0.5, 0.6) is 0 Å². The quantitative estimate of drug-likeness (QED) is 0.639. The Morgan fingerprint density at radius 3 is 2.21 bits per heavy atom. The predicted molar refractivity (Wildman–Crippen MR) is 128 cm³/mol. The lowest BCUT2D eigenvalue weighted by atomic mass is 10.2. The Kier molecular flexibility index (Phi) is 7.13. The van der Waals surface area contributed by atoms with Crippen LogP contribution >= 0.6 is 0 Å². The van der Waals surface area contributed by atoms with Gasteiger partial charge in [0.1, 0.15) is 0 Å². The van der Waals surface area contributed by atoms with Crippen molar-refractivity contribution in [3.63, 3.8) is 0 Å². The first-order valence-electron chi connectivity index (χ1n) is 11.9. The number of benzene rings is 1. The summed E-state index contributed by atoms with van der Waals surface area (Å²) < 4.78 is 27.8. The van der Waals surface area contributed by atoms with E-state index in [0.717, 1.165) is 37.8 Å². The maximum Gasteiger partial charge on any atom is 0.243 e. The van der Waals surface area contributed by atoms with Gasteiger partial charge in [-0.1, -0.05) is 6.42 Å². The molecular weight excluding hydrogens is 442 g/mol. The van der Waals surface area contributed by atoms with Crippen LogP contribution in [0.1, 0.15) is 32.1 Å². The molecule has 0 atom stereocenters. The first-order chi connectivity index (χ1) is 15.8. The van der Waals surface area contributed by atoms with Crippen LogP contribution < -0.4 is 10.2 Å². The molecule has 1 saturated carbocycles. The van der Waals surface area contributed by atoms with Crippen molar-refractivity contribution in [2.75, 3.05) is 70.1 Å². The summed E-state index contributed by atoms with van der Waals surface area (Å²) in [5.41, 5.74) is 1.44. The summed E-state index contributed by atoms with van der Waals surface area (Å²) in [6.07, 6.45) is 4.80. The molecule has 1 aromatic carbocycles. The van der Waals surface area contributed by atoms with Gasteiger partial charge in [0.05, 0.1) is 22.8 Å². The molecule has 3 fully saturated rings. The predicted octanol–water partition coefficient (Wildman–Crippen LogP) is 1.42. The summed E-state index contributed by atoms with van der Waals surface area (Å²) in [4.78, 5) is 30.8. The molecule has 2 aliphatic heterocycles. The van der Waals surface area contributed by atoms with E-state index >= 15 is 0 Å². The fraction of sp³-hybridized carbons (Fsp3) is 0.652. The highest BCUT2D eigenvalue weighted by molar-refractivity contribution is 7.89. The Labute approximate surface area is 196 Å². The van der Waals surface area contributed by atoms with Gasteiger partial charge in [-0.15, -0.1) is 0 Å². The van der Waals surface area contributed by atoms with Gasteiger partial charge in [-0.2, -0.15) is 4.31 Å².